The van der Waals surface area contributed by atoms with Gasteiger partial charge in [-0.3, -0.25) is 4.68 Å². The molecule has 1 unspecified atom stereocenters. The quantitative estimate of drug-likeness (QED) is 0.909. The second-order valence-corrected chi connectivity index (χ2v) is 5.19. The van der Waals surface area contributed by atoms with E-state index >= 15 is 0 Å². The molecule has 2 aromatic rings. The zero-order valence-electron chi connectivity index (χ0n) is 10.3. The van der Waals surface area contributed by atoms with Gasteiger partial charge in [-0.15, -0.1) is 0 Å². The number of nitrogens with zero attached hydrogens (tertiary/aromatic N) is 2. The first-order chi connectivity index (χ1) is 8.67. The fourth-order valence-electron chi connectivity index (χ4n) is 1.95. The van der Waals surface area contributed by atoms with E-state index in [0.29, 0.717) is 5.22 Å². The predicted molar refractivity (Wildman–Crippen MR) is 74.8 cm³/mol. The third kappa shape index (κ3) is 2.63. The fourth-order valence-corrected chi connectivity index (χ4v) is 2.62. The van der Waals surface area contributed by atoms with Crippen LogP contribution in [0.3, 0.4) is 0 Å². The van der Waals surface area contributed by atoms with Gasteiger partial charge in [0.1, 0.15) is 11.8 Å². The molecule has 98 valence electrons. The van der Waals surface area contributed by atoms with Crippen molar-refractivity contribution >= 4 is 27.5 Å². The van der Waals surface area contributed by atoms with E-state index in [9.17, 15) is 0 Å². The molecule has 0 bridgehead atoms. The number of hydrogen-bond acceptors (Lipinski definition) is 3. The first kappa shape index (κ1) is 13.6. The van der Waals surface area contributed by atoms with Gasteiger partial charge in [-0.1, -0.05) is 6.92 Å². The summed E-state index contributed by atoms with van der Waals surface area (Å²) < 4.78 is 8.42. The molecule has 1 N–H and O–H groups in total. The molecular weight excluding hydrogens is 318 g/mol. The van der Waals surface area contributed by atoms with E-state index in [2.05, 4.69) is 33.3 Å². The average Bonchev–Trinajstić information content (AvgIpc) is 2.91. The Labute approximate surface area is 119 Å². The van der Waals surface area contributed by atoms with E-state index in [1.807, 2.05) is 17.8 Å². The van der Waals surface area contributed by atoms with Crippen molar-refractivity contribution in [2.24, 2.45) is 0 Å². The highest BCUT2D eigenvalue weighted by molar-refractivity contribution is 9.10. The molecule has 0 saturated carbocycles. The van der Waals surface area contributed by atoms with Gasteiger partial charge in [-0.05, 0) is 53.1 Å². The van der Waals surface area contributed by atoms with Crippen molar-refractivity contribution in [2.45, 2.75) is 25.9 Å². The average molecular weight is 333 g/mol. The molecule has 2 rings (SSSR count). The van der Waals surface area contributed by atoms with Gasteiger partial charge in [0.05, 0.1) is 16.4 Å². The van der Waals surface area contributed by atoms with Crippen LogP contribution in [0.1, 0.15) is 30.8 Å². The van der Waals surface area contributed by atoms with Gasteiger partial charge in [-0.25, -0.2) is 0 Å². The second-order valence-electron chi connectivity index (χ2n) is 3.96. The number of hydrogen-bond donors (Lipinski definition) is 1. The molecular formula is C12H15BrClN3O. The van der Waals surface area contributed by atoms with Crippen molar-refractivity contribution in [3.8, 4) is 0 Å². The molecule has 18 heavy (non-hydrogen) atoms. The molecule has 0 spiro atoms. The van der Waals surface area contributed by atoms with Crippen molar-refractivity contribution in [1.82, 2.24) is 15.1 Å². The molecule has 4 nitrogen and oxygen atoms in total. The standard InChI is InChI=1S/C12H15BrClN3O/c1-3-6-17-12(8(13)7-16-17)11(15-2)9-4-5-10(14)18-9/h4-5,7,11,15H,3,6H2,1-2H3. The number of aromatic nitrogens is 2. The largest absolute Gasteiger partial charge is 0.448 e. The number of aryl methyl sites for hydroxylation is 1. The smallest absolute Gasteiger partial charge is 0.193 e. The van der Waals surface area contributed by atoms with Crippen molar-refractivity contribution in [1.29, 1.82) is 0 Å². The summed E-state index contributed by atoms with van der Waals surface area (Å²) in [5.74, 6) is 0.779. The van der Waals surface area contributed by atoms with Crippen LogP contribution in [0, 0.1) is 0 Å². The first-order valence-corrected chi connectivity index (χ1v) is 6.98. The Morgan fingerprint density at radius 1 is 1.56 bits per heavy atom. The summed E-state index contributed by atoms with van der Waals surface area (Å²) in [7, 11) is 1.89. The summed E-state index contributed by atoms with van der Waals surface area (Å²) in [4.78, 5) is 0. The lowest BCUT2D eigenvalue weighted by atomic mass is 10.1. The molecule has 2 heterocycles. The lowest BCUT2D eigenvalue weighted by Gasteiger charge is -2.16. The minimum Gasteiger partial charge on any atom is -0.448 e. The van der Waals surface area contributed by atoms with Gasteiger partial charge >= 0.3 is 0 Å². The summed E-state index contributed by atoms with van der Waals surface area (Å²) in [6.07, 6.45) is 2.83. The zero-order chi connectivity index (χ0) is 13.1. The second kappa shape index (κ2) is 5.91. The van der Waals surface area contributed by atoms with Crippen LogP contribution >= 0.6 is 27.5 Å². The number of halogens is 2. The topological polar surface area (TPSA) is 43.0 Å². The molecule has 0 saturated heterocycles. The molecule has 0 aromatic carbocycles. The lowest BCUT2D eigenvalue weighted by molar-refractivity contribution is 0.440. The minimum atomic E-state index is -0.0686. The van der Waals surface area contributed by atoms with Crippen LogP contribution in [0.15, 0.2) is 27.2 Å². The summed E-state index contributed by atoms with van der Waals surface area (Å²) in [5, 5.41) is 7.98. The highest BCUT2D eigenvalue weighted by Crippen LogP contribution is 2.30. The van der Waals surface area contributed by atoms with Crippen molar-refractivity contribution in [3.63, 3.8) is 0 Å². The molecule has 2 aromatic heterocycles. The fraction of sp³-hybridized carbons (Fsp3) is 0.417. The molecule has 0 radical (unpaired) electrons. The van der Waals surface area contributed by atoms with Crippen LogP contribution in [0.4, 0.5) is 0 Å². The third-order valence-electron chi connectivity index (χ3n) is 2.71. The van der Waals surface area contributed by atoms with Gasteiger partial charge in [0.15, 0.2) is 5.22 Å². The number of furan rings is 1. The summed E-state index contributed by atoms with van der Waals surface area (Å²) in [6.45, 7) is 2.99. The van der Waals surface area contributed by atoms with Gasteiger partial charge in [0, 0.05) is 6.54 Å². The van der Waals surface area contributed by atoms with Crippen LogP contribution in [0.25, 0.3) is 0 Å². The molecule has 0 aliphatic rings. The number of rotatable bonds is 5. The Morgan fingerprint density at radius 3 is 2.89 bits per heavy atom. The monoisotopic (exact) mass is 331 g/mol. The first-order valence-electron chi connectivity index (χ1n) is 5.81. The van der Waals surface area contributed by atoms with Gasteiger partial charge < -0.3 is 9.73 Å². The molecule has 1 atom stereocenters. The van der Waals surface area contributed by atoms with Gasteiger partial charge in [-0.2, -0.15) is 5.10 Å². The van der Waals surface area contributed by atoms with Crippen LogP contribution < -0.4 is 5.32 Å². The predicted octanol–water partition coefficient (Wildman–Crippen LogP) is 3.61. The minimum absolute atomic E-state index is 0.0686. The molecule has 0 amide bonds. The maximum absolute atomic E-state index is 5.83. The zero-order valence-corrected chi connectivity index (χ0v) is 12.6. The van der Waals surface area contributed by atoms with E-state index < -0.39 is 0 Å². The lowest BCUT2D eigenvalue weighted by Crippen LogP contribution is -2.21. The number of nitrogens with one attached hydrogen (secondary N) is 1. The normalized spacial score (nSPS) is 12.9. The Balaban J connectivity index is 2.41. The maximum atomic E-state index is 5.83. The van der Waals surface area contributed by atoms with Crippen LogP contribution in [-0.4, -0.2) is 16.8 Å². The van der Waals surface area contributed by atoms with Crippen LogP contribution in [-0.2, 0) is 6.54 Å². The van der Waals surface area contributed by atoms with E-state index in [1.165, 1.54) is 0 Å². The van der Waals surface area contributed by atoms with E-state index in [-0.39, 0.29) is 6.04 Å². The van der Waals surface area contributed by atoms with Crippen molar-refractivity contribution in [2.75, 3.05) is 7.05 Å². The van der Waals surface area contributed by atoms with Crippen molar-refractivity contribution < 1.29 is 4.42 Å². The summed E-state index contributed by atoms with van der Waals surface area (Å²) in [5.41, 5.74) is 1.05. The molecule has 0 fully saturated rings. The van der Waals surface area contributed by atoms with Crippen LogP contribution in [0.2, 0.25) is 5.22 Å². The molecule has 0 aliphatic heterocycles. The van der Waals surface area contributed by atoms with Gasteiger partial charge in [0.25, 0.3) is 0 Å². The van der Waals surface area contributed by atoms with E-state index in [0.717, 1.165) is 28.9 Å². The third-order valence-corrected chi connectivity index (χ3v) is 3.52. The Kier molecular flexibility index (Phi) is 4.48. The highest BCUT2D eigenvalue weighted by Gasteiger charge is 2.23. The van der Waals surface area contributed by atoms with Gasteiger partial charge in [0.2, 0.25) is 0 Å². The van der Waals surface area contributed by atoms with Crippen LogP contribution in [0.5, 0.6) is 0 Å². The van der Waals surface area contributed by atoms with Crippen molar-refractivity contribution in [3.05, 3.63) is 39.5 Å². The Bertz CT molecular complexity index is 523. The van der Waals surface area contributed by atoms with E-state index in [1.54, 1.807) is 12.3 Å². The molecule has 0 aliphatic carbocycles. The Morgan fingerprint density at radius 2 is 2.33 bits per heavy atom. The molecule has 6 heteroatoms. The maximum Gasteiger partial charge on any atom is 0.193 e. The Hall–Kier alpha value is -0.780. The highest BCUT2D eigenvalue weighted by atomic mass is 79.9. The summed E-state index contributed by atoms with van der Waals surface area (Å²) in [6, 6.07) is 3.55. The SMILES string of the molecule is CCCn1ncc(Br)c1C(NC)c1ccc(Cl)o1. The van der Waals surface area contributed by atoms with E-state index in [4.69, 9.17) is 16.0 Å². The summed E-state index contributed by atoms with van der Waals surface area (Å²) >= 11 is 9.37.